The van der Waals surface area contributed by atoms with Crippen LogP contribution >= 0.6 is 0 Å². The number of likely N-dealkylation sites (tertiary alicyclic amines) is 1. The Morgan fingerprint density at radius 3 is 2.78 bits per heavy atom. The molecule has 1 aliphatic carbocycles. The molecule has 1 aliphatic heterocycles. The van der Waals surface area contributed by atoms with Crippen LogP contribution in [0.2, 0.25) is 0 Å². The standard InChI is InChI=1S/C13H21N3O2/c1-2-7-14-12(17)10-4-3-8-16(9-10)13(18)15-11-5-6-11/h2,10-11H,1,3-9H2,(H,14,17)(H,15,18). The molecule has 1 unspecified atom stereocenters. The smallest absolute Gasteiger partial charge is 0.317 e. The topological polar surface area (TPSA) is 61.4 Å². The number of amides is 3. The van der Waals surface area contributed by atoms with E-state index in [1.54, 1.807) is 11.0 Å². The average molecular weight is 251 g/mol. The van der Waals surface area contributed by atoms with E-state index in [1.165, 1.54) is 0 Å². The Bertz CT molecular complexity index is 339. The number of hydrogen-bond donors (Lipinski definition) is 2. The van der Waals surface area contributed by atoms with E-state index >= 15 is 0 Å². The second-order valence-corrected chi connectivity index (χ2v) is 5.04. The molecule has 5 nitrogen and oxygen atoms in total. The Morgan fingerprint density at radius 1 is 1.33 bits per heavy atom. The molecule has 5 heteroatoms. The van der Waals surface area contributed by atoms with E-state index in [0.717, 1.165) is 32.2 Å². The Labute approximate surface area is 108 Å². The monoisotopic (exact) mass is 251 g/mol. The van der Waals surface area contributed by atoms with Crippen molar-refractivity contribution in [2.45, 2.75) is 31.7 Å². The van der Waals surface area contributed by atoms with Gasteiger partial charge >= 0.3 is 6.03 Å². The van der Waals surface area contributed by atoms with E-state index in [2.05, 4.69) is 17.2 Å². The van der Waals surface area contributed by atoms with Crippen molar-refractivity contribution in [1.82, 2.24) is 15.5 Å². The van der Waals surface area contributed by atoms with Crippen LogP contribution in [0.5, 0.6) is 0 Å². The average Bonchev–Trinajstić information content (AvgIpc) is 3.20. The summed E-state index contributed by atoms with van der Waals surface area (Å²) in [5, 5.41) is 5.76. The molecule has 1 atom stereocenters. The lowest BCUT2D eigenvalue weighted by molar-refractivity contribution is -0.126. The molecule has 0 radical (unpaired) electrons. The molecular formula is C13H21N3O2. The van der Waals surface area contributed by atoms with Crippen molar-refractivity contribution in [3.8, 4) is 0 Å². The fourth-order valence-electron chi connectivity index (χ4n) is 2.19. The molecule has 0 aromatic heterocycles. The molecule has 2 aliphatic rings. The van der Waals surface area contributed by atoms with E-state index < -0.39 is 0 Å². The molecule has 1 saturated carbocycles. The lowest BCUT2D eigenvalue weighted by Gasteiger charge is -2.32. The molecule has 2 rings (SSSR count). The first-order valence-electron chi connectivity index (χ1n) is 6.64. The summed E-state index contributed by atoms with van der Waals surface area (Å²) in [4.78, 5) is 25.5. The number of rotatable bonds is 4. The third-order valence-corrected chi connectivity index (χ3v) is 3.40. The minimum atomic E-state index is -0.0800. The SMILES string of the molecule is C=CCNC(=O)C1CCCN(C(=O)NC2CC2)C1. The highest BCUT2D eigenvalue weighted by Crippen LogP contribution is 2.21. The normalized spacial score (nSPS) is 23.3. The van der Waals surface area contributed by atoms with Gasteiger partial charge in [0.15, 0.2) is 0 Å². The number of carbonyl (C=O) groups is 2. The van der Waals surface area contributed by atoms with E-state index in [1.807, 2.05) is 0 Å². The van der Waals surface area contributed by atoms with Crippen molar-refractivity contribution in [3.05, 3.63) is 12.7 Å². The van der Waals surface area contributed by atoms with Gasteiger partial charge in [0.1, 0.15) is 0 Å². The predicted octanol–water partition coefficient (Wildman–Crippen LogP) is 0.873. The highest BCUT2D eigenvalue weighted by Gasteiger charge is 2.31. The molecule has 2 fully saturated rings. The second kappa shape index (κ2) is 5.89. The maximum atomic E-state index is 11.9. The van der Waals surface area contributed by atoms with Gasteiger partial charge in [-0.1, -0.05) is 6.08 Å². The lowest BCUT2D eigenvalue weighted by Crippen LogP contribution is -2.49. The largest absolute Gasteiger partial charge is 0.352 e. The van der Waals surface area contributed by atoms with Gasteiger partial charge in [-0.3, -0.25) is 4.79 Å². The van der Waals surface area contributed by atoms with Gasteiger partial charge in [0.2, 0.25) is 5.91 Å². The van der Waals surface area contributed by atoms with E-state index in [-0.39, 0.29) is 17.9 Å². The second-order valence-electron chi connectivity index (χ2n) is 5.04. The molecule has 0 aromatic rings. The summed E-state index contributed by atoms with van der Waals surface area (Å²) in [5.41, 5.74) is 0. The van der Waals surface area contributed by atoms with Gasteiger partial charge in [-0.05, 0) is 25.7 Å². The molecule has 0 spiro atoms. The van der Waals surface area contributed by atoms with E-state index in [9.17, 15) is 9.59 Å². The Balaban J connectivity index is 1.81. The van der Waals surface area contributed by atoms with Crippen molar-refractivity contribution in [2.24, 2.45) is 5.92 Å². The van der Waals surface area contributed by atoms with Crippen LogP contribution in [-0.2, 0) is 4.79 Å². The van der Waals surface area contributed by atoms with Crippen LogP contribution in [0.25, 0.3) is 0 Å². The van der Waals surface area contributed by atoms with Gasteiger partial charge in [0, 0.05) is 25.7 Å². The van der Waals surface area contributed by atoms with Gasteiger partial charge in [0.05, 0.1) is 5.92 Å². The summed E-state index contributed by atoms with van der Waals surface area (Å²) in [6, 6.07) is 0.353. The molecular weight excluding hydrogens is 230 g/mol. The zero-order valence-electron chi connectivity index (χ0n) is 10.7. The highest BCUT2D eigenvalue weighted by molar-refractivity contribution is 5.81. The molecule has 18 heavy (non-hydrogen) atoms. The maximum absolute atomic E-state index is 11.9. The zero-order valence-corrected chi connectivity index (χ0v) is 10.7. The van der Waals surface area contributed by atoms with E-state index in [4.69, 9.17) is 0 Å². The number of piperidine rings is 1. The van der Waals surface area contributed by atoms with Crippen LogP contribution in [0.1, 0.15) is 25.7 Å². The van der Waals surface area contributed by atoms with Crippen molar-refractivity contribution in [3.63, 3.8) is 0 Å². The maximum Gasteiger partial charge on any atom is 0.317 e. The number of hydrogen-bond acceptors (Lipinski definition) is 2. The Morgan fingerprint density at radius 2 is 2.11 bits per heavy atom. The molecule has 2 N–H and O–H groups in total. The quantitative estimate of drug-likeness (QED) is 0.728. The summed E-state index contributed by atoms with van der Waals surface area (Å²) in [6.07, 6.45) is 5.59. The van der Waals surface area contributed by atoms with Crippen molar-refractivity contribution >= 4 is 11.9 Å². The molecule has 0 bridgehead atoms. The summed E-state index contributed by atoms with van der Waals surface area (Å²) in [7, 11) is 0. The molecule has 1 saturated heterocycles. The summed E-state index contributed by atoms with van der Waals surface area (Å²) < 4.78 is 0. The van der Waals surface area contributed by atoms with Crippen LogP contribution in [0.15, 0.2) is 12.7 Å². The first-order valence-corrected chi connectivity index (χ1v) is 6.64. The molecule has 3 amide bonds. The number of carbonyl (C=O) groups excluding carboxylic acids is 2. The predicted molar refractivity (Wildman–Crippen MR) is 69.1 cm³/mol. The van der Waals surface area contributed by atoms with Crippen molar-refractivity contribution in [1.29, 1.82) is 0 Å². The minimum Gasteiger partial charge on any atom is -0.352 e. The third kappa shape index (κ3) is 3.48. The zero-order chi connectivity index (χ0) is 13.0. The Hall–Kier alpha value is -1.52. The van der Waals surface area contributed by atoms with Gasteiger partial charge in [0.25, 0.3) is 0 Å². The molecule has 1 heterocycles. The third-order valence-electron chi connectivity index (χ3n) is 3.40. The Kier molecular flexibility index (Phi) is 4.23. The molecule has 0 aromatic carbocycles. The fraction of sp³-hybridized carbons (Fsp3) is 0.692. The first-order chi connectivity index (χ1) is 8.70. The molecule has 100 valence electrons. The van der Waals surface area contributed by atoms with Crippen LogP contribution in [0, 0.1) is 5.92 Å². The van der Waals surface area contributed by atoms with Crippen LogP contribution in [0.4, 0.5) is 4.79 Å². The summed E-state index contributed by atoms with van der Waals surface area (Å²) >= 11 is 0. The number of nitrogens with zero attached hydrogens (tertiary/aromatic N) is 1. The number of urea groups is 1. The van der Waals surface area contributed by atoms with Crippen molar-refractivity contribution in [2.75, 3.05) is 19.6 Å². The van der Waals surface area contributed by atoms with Crippen LogP contribution in [0.3, 0.4) is 0 Å². The van der Waals surface area contributed by atoms with Gasteiger partial charge in [-0.2, -0.15) is 0 Å². The highest BCUT2D eigenvalue weighted by atomic mass is 16.2. The van der Waals surface area contributed by atoms with Crippen molar-refractivity contribution < 1.29 is 9.59 Å². The number of nitrogens with one attached hydrogen (secondary N) is 2. The summed E-state index contributed by atoms with van der Waals surface area (Å²) in [5.74, 6) is -0.0533. The van der Waals surface area contributed by atoms with Gasteiger partial charge in [-0.15, -0.1) is 6.58 Å². The van der Waals surface area contributed by atoms with Gasteiger partial charge < -0.3 is 15.5 Å². The lowest BCUT2D eigenvalue weighted by atomic mass is 9.97. The summed E-state index contributed by atoms with van der Waals surface area (Å²) in [6.45, 7) is 5.34. The minimum absolute atomic E-state index is 0.0151. The first kappa shape index (κ1) is 12.9. The van der Waals surface area contributed by atoms with Gasteiger partial charge in [-0.25, -0.2) is 4.79 Å². The van der Waals surface area contributed by atoms with E-state index in [0.29, 0.717) is 19.1 Å². The van der Waals surface area contributed by atoms with Crippen LogP contribution in [-0.4, -0.2) is 42.5 Å². The van der Waals surface area contributed by atoms with Crippen LogP contribution < -0.4 is 10.6 Å². The fourth-order valence-corrected chi connectivity index (χ4v) is 2.19.